The highest BCUT2D eigenvalue weighted by molar-refractivity contribution is 6.62. The molecule has 190 valence electrons. The lowest BCUT2D eigenvalue weighted by molar-refractivity contribution is 0.00578. The molecule has 0 atom stereocenters. The van der Waals surface area contributed by atoms with Gasteiger partial charge in [0, 0.05) is 18.2 Å². The average molecular weight is 486 g/mol. The molecule has 0 radical (unpaired) electrons. The maximum atomic E-state index is 14.0. The Morgan fingerprint density at radius 2 is 1.83 bits per heavy atom. The highest BCUT2D eigenvalue weighted by Gasteiger charge is 2.52. The molecule has 1 aliphatic carbocycles. The highest BCUT2D eigenvalue weighted by Crippen LogP contribution is 2.36. The molecule has 2 aliphatic rings. The molecule has 0 bridgehead atoms. The molecule has 2 heterocycles. The van der Waals surface area contributed by atoms with Gasteiger partial charge >= 0.3 is 7.12 Å². The molecule has 1 aliphatic heterocycles. The van der Waals surface area contributed by atoms with Crippen molar-refractivity contribution in [2.75, 3.05) is 13.7 Å². The van der Waals surface area contributed by atoms with Crippen LogP contribution in [0.3, 0.4) is 0 Å². The van der Waals surface area contributed by atoms with Gasteiger partial charge < -0.3 is 24.1 Å². The Hall–Kier alpha value is -2.65. The Balaban J connectivity index is 0.00000167. The summed E-state index contributed by atoms with van der Waals surface area (Å²) in [6.07, 6.45) is 3.87. The molecule has 1 saturated carbocycles. The minimum absolute atomic E-state index is 0.141. The second-order valence-electron chi connectivity index (χ2n) is 9.62. The molecular formula is C26H36BFN2O5. The van der Waals surface area contributed by atoms with Crippen LogP contribution in [-0.2, 0) is 15.9 Å². The van der Waals surface area contributed by atoms with Crippen molar-refractivity contribution in [1.29, 1.82) is 0 Å². The molecule has 0 spiro atoms. The molecule has 1 aromatic carbocycles. The number of carbonyl (C=O) groups is 1. The standard InChI is InChI=1S/C24H30BFN2O5.C2H6/c1-23(2)24(3,4)33-25(32-23)17-11-18(22(28-13-17)31-14-15-6-7-15)21(29)27-12-16-8-9-20(30-5)19(26)10-16;1-2/h8-11,13,15H,6-7,12,14H2,1-5H3,(H,27,29);1-2H3. The summed E-state index contributed by atoms with van der Waals surface area (Å²) in [6.45, 7) is 12.5. The second-order valence-corrected chi connectivity index (χ2v) is 9.62. The Morgan fingerprint density at radius 1 is 1.17 bits per heavy atom. The van der Waals surface area contributed by atoms with Gasteiger partial charge in [-0.1, -0.05) is 19.9 Å². The number of hydrogen-bond acceptors (Lipinski definition) is 6. The first kappa shape index (κ1) is 27.0. The number of hydrogen-bond donors (Lipinski definition) is 1. The summed E-state index contributed by atoms with van der Waals surface area (Å²) >= 11 is 0. The van der Waals surface area contributed by atoms with Crippen molar-refractivity contribution in [3.63, 3.8) is 0 Å². The lowest BCUT2D eigenvalue weighted by Crippen LogP contribution is -2.41. The number of pyridine rings is 1. The Morgan fingerprint density at radius 3 is 2.40 bits per heavy atom. The fourth-order valence-corrected chi connectivity index (χ4v) is 3.43. The molecule has 7 nitrogen and oxygen atoms in total. The van der Waals surface area contributed by atoms with E-state index in [9.17, 15) is 9.18 Å². The maximum absolute atomic E-state index is 14.0. The number of nitrogens with one attached hydrogen (secondary N) is 1. The minimum atomic E-state index is -0.651. The number of rotatable bonds is 8. The predicted octanol–water partition coefficient (Wildman–Crippen LogP) is 4.27. The van der Waals surface area contributed by atoms with Gasteiger partial charge in [-0.3, -0.25) is 4.79 Å². The summed E-state index contributed by atoms with van der Waals surface area (Å²) in [5.74, 6) is 0.0681. The van der Waals surface area contributed by atoms with E-state index in [1.165, 1.54) is 19.2 Å². The van der Waals surface area contributed by atoms with Gasteiger partial charge in [0.2, 0.25) is 5.88 Å². The molecule has 35 heavy (non-hydrogen) atoms. The topological polar surface area (TPSA) is 78.9 Å². The molecule has 2 fully saturated rings. The largest absolute Gasteiger partial charge is 0.496 e. The third-order valence-electron chi connectivity index (χ3n) is 6.46. The van der Waals surface area contributed by atoms with Crippen molar-refractivity contribution >= 4 is 18.5 Å². The third-order valence-corrected chi connectivity index (χ3v) is 6.46. The summed E-state index contributed by atoms with van der Waals surface area (Å²) in [5, 5.41) is 2.83. The SMILES string of the molecule is CC.COc1ccc(CNC(=O)c2cc(B3OC(C)(C)C(C)(C)O3)cnc2OCC2CC2)cc1F. The number of ether oxygens (including phenoxy) is 2. The van der Waals surface area contributed by atoms with Gasteiger partial charge in [0.1, 0.15) is 5.56 Å². The lowest BCUT2D eigenvalue weighted by Gasteiger charge is -2.32. The number of aromatic nitrogens is 1. The van der Waals surface area contributed by atoms with E-state index in [1.54, 1.807) is 18.3 Å². The normalized spacial score (nSPS) is 17.9. The number of halogens is 1. The van der Waals surface area contributed by atoms with Gasteiger partial charge in [-0.15, -0.1) is 0 Å². The molecule has 1 saturated heterocycles. The molecule has 4 rings (SSSR count). The van der Waals surface area contributed by atoms with Crippen LogP contribution < -0.4 is 20.3 Å². The van der Waals surface area contributed by atoms with Gasteiger partial charge in [-0.2, -0.15) is 0 Å². The first-order valence-corrected chi connectivity index (χ1v) is 12.2. The average Bonchev–Trinajstić information content (AvgIpc) is 3.62. The van der Waals surface area contributed by atoms with E-state index in [2.05, 4.69) is 10.3 Å². The number of benzene rings is 1. The Kier molecular flexibility index (Phi) is 8.44. The quantitative estimate of drug-likeness (QED) is 0.562. The van der Waals surface area contributed by atoms with E-state index in [4.69, 9.17) is 18.8 Å². The summed E-state index contributed by atoms with van der Waals surface area (Å²) < 4.78 is 37.0. The van der Waals surface area contributed by atoms with E-state index in [0.717, 1.165) is 12.8 Å². The van der Waals surface area contributed by atoms with Crippen LogP contribution in [0.25, 0.3) is 0 Å². The van der Waals surface area contributed by atoms with E-state index in [0.29, 0.717) is 23.6 Å². The van der Waals surface area contributed by atoms with Crippen LogP contribution in [0.1, 0.15) is 70.3 Å². The van der Waals surface area contributed by atoms with Crippen LogP contribution in [0.5, 0.6) is 11.6 Å². The first-order chi connectivity index (χ1) is 16.6. The van der Waals surface area contributed by atoms with E-state index >= 15 is 0 Å². The maximum Gasteiger partial charge on any atom is 0.496 e. The molecular weight excluding hydrogens is 450 g/mol. The molecule has 0 unspecified atom stereocenters. The van der Waals surface area contributed by atoms with Crippen LogP contribution in [0.4, 0.5) is 4.39 Å². The Bertz CT molecular complexity index is 1030. The van der Waals surface area contributed by atoms with Crippen LogP contribution >= 0.6 is 0 Å². The molecule has 9 heteroatoms. The number of methoxy groups -OCH3 is 1. The Labute approximate surface area is 207 Å². The van der Waals surface area contributed by atoms with E-state index in [1.807, 2.05) is 41.5 Å². The summed E-state index contributed by atoms with van der Waals surface area (Å²) in [5.41, 5.74) is 0.501. The fraction of sp³-hybridized carbons (Fsp3) is 0.538. The van der Waals surface area contributed by atoms with Gasteiger partial charge in [0.25, 0.3) is 5.91 Å². The van der Waals surface area contributed by atoms with Crippen molar-refractivity contribution < 1.29 is 28.0 Å². The molecule has 1 aromatic heterocycles. The fourth-order valence-electron chi connectivity index (χ4n) is 3.43. The third kappa shape index (κ3) is 6.33. The number of carbonyl (C=O) groups excluding carboxylic acids is 1. The van der Waals surface area contributed by atoms with Crippen LogP contribution in [-0.4, -0.2) is 42.9 Å². The minimum Gasteiger partial charge on any atom is -0.494 e. The van der Waals surface area contributed by atoms with E-state index in [-0.39, 0.29) is 29.6 Å². The van der Waals surface area contributed by atoms with Crippen LogP contribution in [0.2, 0.25) is 0 Å². The monoisotopic (exact) mass is 486 g/mol. The van der Waals surface area contributed by atoms with Gasteiger partial charge in [-0.05, 0) is 70.2 Å². The number of amides is 1. The summed E-state index contributed by atoms with van der Waals surface area (Å²) in [4.78, 5) is 17.5. The van der Waals surface area contributed by atoms with Crippen LogP contribution in [0.15, 0.2) is 30.5 Å². The van der Waals surface area contributed by atoms with Gasteiger partial charge in [-0.25, -0.2) is 9.37 Å². The lowest BCUT2D eigenvalue weighted by atomic mass is 9.79. The van der Waals surface area contributed by atoms with Gasteiger partial charge in [0.15, 0.2) is 11.6 Å². The van der Waals surface area contributed by atoms with E-state index < -0.39 is 24.1 Å². The summed E-state index contributed by atoms with van der Waals surface area (Å²) in [6, 6.07) is 6.26. The zero-order valence-electron chi connectivity index (χ0n) is 21.7. The number of nitrogens with zero attached hydrogens (tertiary/aromatic N) is 1. The predicted molar refractivity (Wildman–Crippen MR) is 134 cm³/mol. The molecule has 2 aromatic rings. The highest BCUT2D eigenvalue weighted by atomic mass is 19.1. The summed E-state index contributed by atoms with van der Waals surface area (Å²) in [7, 11) is 0.755. The van der Waals surface area contributed by atoms with Crippen molar-refractivity contribution in [1.82, 2.24) is 10.3 Å². The zero-order valence-corrected chi connectivity index (χ0v) is 21.7. The van der Waals surface area contributed by atoms with Crippen molar-refractivity contribution in [3.8, 4) is 11.6 Å². The van der Waals surface area contributed by atoms with Crippen molar-refractivity contribution in [3.05, 3.63) is 47.4 Å². The second kappa shape index (κ2) is 11.0. The van der Waals surface area contributed by atoms with Crippen molar-refractivity contribution in [2.24, 2.45) is 5.92 Å². The smallest absolute Gasteiger partial charge is 0.494 e. The van der Waals surface area contributed by atoms with Gasteiger partial charge in [0.05, 0.1) is 24.9 Å². The molecule has 1 N–H and O–H groups in total. The molecule has 1 amide bonds. The van der Waals surface area contributed by atoms with Crippen molar-refractivity contribution in [2.45, 2.75) is 72.1 Å². The zero-order chi connectivity index (χ0) is 25.8. The first-order valence-electron chi connectivity index (χ1n) is 12.2. The van der Waals surface area contributed by atoms with Crippen LogP contribution in [0, 0.1) is 11.7 Å².